The first-order valence-electron chi connectivity index (χ1n) is 8.53. The van der Waals surface area contributed by atoms with Gasteiger partial charge >= 0.3 is 12.0 Å². The molecular formula is C18H24N2O4. The summed E-state index contributed by atoms with van der Waals surface area (Å²) in [6.07, 6.45) is 2.17. The lowest BCUT2D eigenvalue weighted by Gasteiger charge is -2.39. The number of nitrogens with one attached hydrogen (secondary N) is 1. The summed E-state index contributed by atoms with van der Waals surface area (Å²) < 4.78 is 6.09. The molecule has 2 amide bonds. The van der Waals surface area contributed by atoms with Crippen LogP contribution in [0.1, 0.15) is 30.9 Å². The van der Waals surface area contributed by atoms with Gasteiger partial charge in [-0.2, -0.15) is 0 Å². The fourth-order valence-electron chi connectivity index (χ4n) is 3.66. The van der Waals surface area contributed by atoms with Crippen LogP contribution in [0.15, 0.2) is 24.3 Å². The van der Waals surface area contributed by atoms with Crippen molar-refractivity contribution in [3.05, 3.63) is 35.4 Å². The van der Waals surface area contributed by atoms with Gasteiger partial charge in [0.15, 0.2) is 0 Å². The molecule has 2 heterocycles. The number of benzene rings is 1. The van der Waals surface area contributed by atoms with E-state index in [0.717, 1.165) is 18.4 Å². The highest BCUT2D eigenvalue weighted by Crippen LogP contribution is 2.35. The van der Waals surface area contributed by atoms with Gasteiger partial charge in [0.05, 0.1) is 19.1 Å². The number of carbonyl (C=O) groups excluding carboxylic acids is 1. The van der Waals surface area contributed by atoms with Gasteiger partial charge in [0, 0.05) is 13.1 Å². The molecule has 0 bridgehead atoms. The number of carboxylic acids is 1. The van der Waals surface area contributed by atoms with Crippen molar-refractivity contribution in [1.29, 1.82) is 0 Å². The lowest BCUT2D eigenvalue weighted by atomic mass is 9.84. The standard InChI is InChI=1S/C18H24N2O4/c1-2-18(15-6-4-3-5-13(15)8-10-24-18)12-19-17(23)20-9-7-14(11-20)16(21)22/h3-6,14H,2,7-12H2,1H3,(H,19,23)(H,21,22). The maximum absolute atomic E-state index is 12.4. The second-order valence-electron chi connectivity index (χ2n) is 6.53. The summed E-state index contributed by atoms with van der Waals surface area (Å²) in [5.41, 5.74) is 1.91. The van der Waals surface area contributed by atoms with Gasteiger partial charge in [0.2, 0.25) is 0 Å². The van der Waals surface area contributed by atoms with E-state index in [-0.39, 0.29) is 12.6 Å². The summed E-state index contributed by atoms with van der Waals surface area (Å²) in [7, 11) is 0. The van der Waals surface area contributed by atoms with Gasteiger partial charge in [0.25, 0.3) is 0 Å². The van der Waals surface area contributed by atoms with Crippen molar-refractivity contribution in [1.82, 2.24) is 10.2 Å². The minimum absolute atomic E-state index is 0.210. The zero-order valence-corrected chi connectivity index (χ0v) is 14.0. The molecule has 2 aliphatic rings. The van der Waals surface area contributed by atoms with Crippen LogP contribution < -0.4 is 5.32 Å². The predicted octanol–water partition coefficient (Wildman–Crippen LogP) is 1.98. The van der Waals surface area contributed by atoms with E-state index in [0.29, 0.717) is 26.1 Å². The lowest BCUT2D eigenvalue weighted by Crippen LogP contribution is -2.48. The number of hydrogen-bond acceptors (Lipinski definition) is 3. The highest BCUT2D eigenvalue weighted by Gasteiger charge is 2.37. The molecule has 6 heteroatoms. The molecular weight excluding hydrogens is 308 g/mol. The molecule has 2 N–H and O–H groups in total. The summed E-state index contributed by atoms with van der Waals surface area (Å²) >= 11 is 0. The topological polar surface area (TPSA) is 78.9 Å². The van der Waals surface area contributed by atoms with Gasteiger partial charge in [0.1, 0.15) is 5.60 Å². The van der Waals surface area contributed by atoms with Crippen LogP contribution in [0.4, 0.5) is 4.79 Å². The van der Waals surface area contributed by atoms with E-state index >= 15 is 0 Å². The van der Waals surface area contributed by atoms with Crippen LogP contribution in [-0.4, -0.2) is 48.2 Å². The van der Waals surface area contributed by atoms with Gasteiger partial charge in [-0.05, 0) is 30.4 Å². The van der Waals surface area contributed by atoms with Gasteiger partial charge in [-0.25, -0.2) is 4.79 Å². The van der Waals surface area contributed by atoms with Crippen LogP contribution in [0, 0.1) is 5.92 Å². The van der Waals surface area contributed by atoms with Crippen LogP contribution in [0.5, 0.6) is 0 Å². The molecule has 1 saturated heterocycles. The van der Waals surface area contributed by atoms with Gasteiger partial charge in [-0.1, -0.05) is 31.2 Å². The molecule has 2 atom stereocenters. The third kappa shape index (κ3) is 3.11. The average Bonchev–Trinajstić information content (AvgIpc) is 3.10. The highest BCUT2D eigenvalue weighted by molar-refractivity contribution is 5.77. The van der Waals surface area contributed by atoms with Crippen molar-refractivity contribution in [2.24, 2.45) is 5.92 Å². The molecule has 1 aromatic rings. The van der Waals surface area contributed by atoms with E-state index in [1.54, 1.807) is 4.90 Å². The van der Waals surface area contributed by atoms with Crippen LogP contribution in [0.25, 0.3) is 0 Å². The number of fused-ring (bicyclic) bond motifs is 1. The third-order valence-corrected chi connectivity index (χ3v) is 5.18. The first-order chi connectivity index (χ1) is 11.6. The fourth-order valence-corrected chi connectivity index (χ4v) is 3.66. The minimum Gasteiger partial charge on any atom is -0.481 e. The van der Waals surface area contributed by atoms with Gasteiger partial charge in [-0.3, -0.25) is 4.79 Å². The van der Waals surface area contributed by atoms with E-state index < -0.39 is 17.5 Å². The second kappa shape index (κ2) is 6.81. The van der Waals surface area contributed by atoms with Crippen molar-refractivity contribution >= 4 is 12.0 Å². The van der Waals surface area contributed by atoms with Gasteiger partial charge in [-0.15, -0.1) is 0 Å². The van der Waals surface area contributed by atoms with Crippen LogP contribution >= 0.6 is 0 Å². The number of urea groups is 1. The lowest BCUT2D eigenvalue weighted by molar-refractivity contribution is -0.141. The number of carboxylic acid groups (broad SMARTS) is 1. The summed E-state index contributed by atoms with van der Waals surface area (Å²) in [6, 6.07) is 8.00. The first kappa shape index (κ1) is 16.8. The van der Waals surface area contributed by atoms with E-state index in [1.165, 1.54) is 5.56 Å². The zero-order chi connectivity index (χ0) is 17.2. The smallest absolute Gasteiger partial charge is 0.317 e. The summed E-state index contributed by atoms with van der Waals surface area (Å²) in [5, 5.41) is 12.0. The average molecular weight is 332 g/mol. The molecule has 1 fully saturated rings. The van der Waals surface area contributed by atoms with Crippen molar-refractivity contribution in [3.63, 3.8) is 0 Å². The molecule has 0 radical (unpaired) electrons. The number of rotatable bonds is 4. The SMILES string of the molecule is CCC1(CNC(=O)N2CCC(C(=O)O)C2)OCCc2ccccc21. The molecule has 0 spiro atoms. The van der Waals surface area contributed by atoms with E-state index in [4.69, 9.17) is 9.84 Å². The van der Waals surface area contributed by atoms with Crippen molar-refractivity contribution in [2.45, 2.75) is 31.8 Å². The molecule has 0 saturated carbocycles. The molecule has 3 rings (SSSR count). The van der Waals surface area contributed by atoms with Crippen molar-refractivity contribution < 1.29 is 19.4 Å². The molecule has 6 nitrogen and oxygen atoms in total. The fraction of sp³-hybridized carbons (Fsp3) is 0.556. The number of amides is 2. The molecule has 2 unspecified atom stereocenters. The Balaban J connectivity index is 1.67. The number of carbonyl (C=O) groups is 2. The molecule has 0 aromatic heterocycles. The van der Waals surface area contributed by atoms with Crippen LogP contribution in [0.2, 0.25) is 0 Å². The number of nitrogens with zero attached hydrogens (tertiary/aromatic N) is 1. The number of likely N-dealkylation sites (tertiary alicyclic amines) is 1. The Morgan fingerprint density at radius 3 is 2.92 bits per heavy atom. The maximum Gasteiger partial charge on any atom is 0.317 e. The molecule has 130 valence electrons. The number of hydrogen-bond donors (Lipinski definition) is 2. The van der Waals surface area contributed by atoms with Crippen molar-refractivity contribution in [3.8, 4) is 0 Å². The Morgan fingerprint density at radius 2 is 2.21 bits per heavy atom. The Labute approximate surface area is 141 Å². The molecule has 2 aliphatic heterocycles. The maximum atomic E-state index is 12.4. The quantitative estimate of drug-likeness (QED) is 0.884. The molecule has 24 heavy (non-hydrogen) atoms. The minimum atomic E-state index is -0.833. The summed E-state index contributed by atoms with van der Waals surface area (Å²) in [4.78, 5) is 25.0. The highest BCUT2D eigenvalue weighted by atomic mass is 16.5. The van der Waals surface area contributed by atoms with E-state index in [2.05, 4.69) is 24.4 Å². The Hall–Kier alpha value is -2.08. The zero-order valence-electron chi connectivity index (χ0n) is 14.0. The number of ether oxygens (including phenoxy) is 1. The molecule has 1 aromatic carbocycles. The Bertz CT molecular complexity index is 633. The normalized spacial score (nSPS) is 26.0. The monoisotopic (exact) mass is 332 g/mol. The largest absolute Gasteiger partial charge is 0.481 e. The van der Waals surface area contributed by atoms with E-state index in [9.17, 15) is 9.59 Å². The summed E-state index contributed by atoms with van der Waals surface area (Å²) in [5.74, 6) is -1.29. The number of aliphatic carboxylic acids is 1. The summed E-state index contributed by atoms with van der Waals surface area (Å²) in [6.45, 7) is 3.86. The first-order valence-corrected chi connectivity index (χ1v) is 8.53. The van der Waals surface area contributed by atoms with E-state index in [1.807, 2.05) is 12.1 Å². The third-order valence-electron chi connectivity index (χ3n) is 5.18. The van der Waals surface area contributed by atoms with Crippen LogP contribution in [-0.2, 0) is 21.6 Å². The van der Waals surface area contributed by atoms with Gasteiger partial charge < -0.3 is 20.1 Å². The Morgan fingerprint density at radius 1 is 1.42 bits per heavy atom. The second-order valence-corrected chi connectivity index (χ2v) is 6.53. The Kier molecular flexibility index (Phi) is 4.76. The predicted molar refractivity (Wildman–Crippen MR) is 88.8 cm³/mol. The van der Waals surface area contributed by atoms with Crippen molar-refractivity contribution in [2.75, 3.05) is 26.2 Å². The van der Waals surface area contributed by atoms with Crippen LogP contribution in [0.3, 0.4) is 0 Å². The molecule has 0 aliphatic carbocycles.